The number of carbonyl (C=O) groups is 1. The van der Waals surface area contributed by atoms with Gasteiger partial charge >= 0.3 is 5.97 Å². The lowest BCUT2D eigenvalue weighted by Gasteiger charge is -2.35. The first-order valence-electron chi connectivity index (χ1n) is 9.55. The van der Waals surface area contributed by atoms with Gasteiger partial charge in [0.15, 0.2) is 0 Å². The van der Waals surface area contributed by atoms with E-state index < -0.39 is 11.9 Å². The highest BCUT2D eigenvalue weighted by atomic mass is 19.1. The molecular weight excluding hydrogens is 375 g/mol. The summed E-state index contributed by atoms with van der Waals surface area (Å²) in [5.41, 5.74) is 7.27. The molecule has 0 spiro atoms. The van der Waals surface area contributed by atoms with E-state index in [2.05, 4.69) is 4.90 Å². The minimum atomic E-state index is -0.778. The topological polar surface area (TPSA) is 91.8 Å². The number of nitriles is 1. The molecule has 0 radical (unpaired) electrons. The Hall–Kier alpha value is -3.05. The largest absolute Gasteiger partial charge is 0.463 e. The smallest absolute Gasteiger partial charge is 0.338 e. The third-order valence-corrected chi connectivity index (χ3v) is 5.25. The maximum absolute atomic E-state index is 14.6. The van der Waals surface area contributed by atoms with Crippen molar-refractivity contribution in [2.75, 3.05) is 44.7 Å². The van der Waals surface area contributed by atoms with Crippen LogP contribution in [0.25, 0.3) is 0 Å². The van der Waals surface area contributed by atoms with Crippen LogP contribution in [-0.2, 0) is 14.3 Å². The molecule has 2 aliphatic rings. The van der Waals surface area contributed by atoms with Crippen LogP contribution in [0.5, 0.6) is 0 Å². The third-order valence-electron chi connectivity index (χ3n) is 5.25. The summed E-state index contributed by atoms with van der Waals surface area (Å²) in [6.45, 7) is 6.51. The number of esters is 1. The van der Waals surface area contributed by atoms with Gasteiger partial charge in [0.2, 0.25) is 5.88 Å². The number of ether oxygens (including phenoxy) is 2. The Balaban J connectivity index is 2.07. The molecule has 1 saturated heterocycles. The molecule has 1 unspecified atom stereocenters. The van der Waals surface area contributed by atoms with Crippen molar-refractivity contribution in [1.82, 2.24) is 4.90 Å². The van der Waals surface area contributed by atoms with E-state index in [1.165, 1.54) is 6.07 Å². The van der Waals surface area contributed by atoms with E-state index in [1.54, 1.807) is 26.0 Å². The number of piperazine rings is 1. The number of rotatable bonds is 4. The Morgan fingerprint density at radius 2 is 2.07 bits per heavy atom. The molecule has 2 N–H and O–H groups in total. The van der Waals surface area contributed by atoms with Crippen LogP contribution in [0.2, 0.25) is 0 Å². The highest BCUT2D eigenvalue weighted by Gasteiger charge is 2.36. The summed E-state index contributed by atoms with van der Waals surface area (Å²) in [6, 6.07) is 6.67. The van der Waals surface area contributed by atoms with E-state index in [1.807, 2.05) is 18.0 Å². The predicted molar refractivity (Wildman–Crippen MR) is 106 cm³/mol. The molecule has 1 aromatic carbocycles. The van der Waals surface area contributed by atoms with E-state index in [4.69, 9.17) is 15.2 Å². The number of likely N-dealkylation sites (N-methyl/N-ethyl adjacent to an activating group) is 1. The molecule has 0 saturated carbocycles. The maximum Gasteiger partial charge on any atom is 0.338 e. The van der Waals surface area contributed by atoms with Gasteiger partial charge in [-0.2, -0.15) is 5.26 Å². The number of halogens is 1. The number of nitrogens with zero attached hydrogens (tertiary/aromatic N) is 3. The van der Waals surface area contributed by atoms with Gasteiger partial charge in [0, 0.05) is 26.2 Å². The normalized spacial score (nSPS) is 20.4. The Labute approximate surface area is 169 Å². The van der Waals surface area contributed by atoms with E-state index in [9.17, 15) is 14.4 Å². The van der Waals surface area contributed by atoms with Crippen LogP contribution in [0.15, 0.2) is 41.0 Å². The Morgan fingerprint density at radius 1 is 1.38 bits per heavy atom. The van der Waals surface area contributed by atoms with Gasteiger partial charge in [-0.25, -0.2) is 9.18 Å². The van der Waals surface area contributed by atoms with E-state index in [0.717, 1.165) is 13.1 Å². The quantitative estimate of drug-likeness (QED) is 0.775. The highest BCUT2D eigenvalue weighted by Crippen LogP contribution is 2.41. The molecule has 0 aromatic heterocycles. The molecule has 8 heteroatoms. The first-order chi connectivity index (χ1) is 13.9. The van der Waals surface area contributed by atoms with Crippen molar-refractivity contribution in [2.24, 2.45) is 5.73 Å². The lowest BCUT2D eigenvalue weighted by Crippen LogP contribution is -2.44. The molecule has 2 aliphatic heterocycles. The first kappa shape index (κ1) is 20.7. The zero-order valence-corrected chi connectivity index (χ0v) is 16.9. The average molecular weight is 400 g/mol. The number of hydrogen-bond acceptors (Lipinski definition) is 7. The van der Waals surface area contributed by atoms with Crippen LogP contribution in [0, 0.1) is 17.1 Å². The van der Waals surface area contributed by atoms with Gasteiger partial charge in [0.1, 0.15) is 23.2 Å². The molecule has 29 heavy (non-hydrogen) atoms. The number of nitrogens with two attached hydrogens (primary N) is 1. The molecule has 1 fully saturated rings. The second-order valence-corrected chi connectivity index (χ2v) is 7.12. The number of allylic oxidation sites excluding steroid dienone is 2. The molecule has 0 amide bonds. The summed E-state index contributed by atoms with van der Waals surface area (Å²) < 4.78 is 25.2. The van der Waals surface area contributed by atoms with Crippen molar-refractivity contribution in [2.45, 2.75) is 19.8 Å². The minimum Gasteiger partial charge on any atom is -0.463 e. The number of benzene rings is 1. The molecule has 2 heterocycles. The van der Waals surface area contributed by atoms with Gasteiger partial charge in [0.25, 0.3) is 0 Å². The fraction of sp³-hybridized carbons (Fsp3) is 0.429. The summed E-state index contributed by atoms with van der Waals surface area (Å²) in [5.74, 6) is -1.50. The van der Waals surface area contributed by atoms with Gasteiger partial charge in [-0.1, -0.05) is 6.07 Å². The third kappa shape index (κ3) is 4.05. The summed E-state index contributed by atoms with van der Waals surface area (Å²) in [5, 5.41) is 9.68. The number of anilines is 1. The summed E-state index contributed by atoms with van der Waals surface area (Å²) in [6.07, 6.45) is 0. The first-order valence-corrected chi connectivity index (χ1v) is 9.55. The van der Waals surface area contributed by atoms with Gasteiger partial charge in [-0.3, -0.25) is 0 Å². The lowest BCUT2D eigenvalue weighted by molar-refractivity contribution is -0.139. The van der Waals surface area contributed by atoms with Gasteiger partial charge < -0.3 is 25.0 Å². The predicted octanol–water partition coefficient (Wildman–Crippen LogP) is 2.22. The molecule has 3 rings (SSSR count). The Kier molecular flexibility index (Phi) is 6.09. The van der Waals surface area contributed by atoms with Gasteiger partial charge in [0.05, 0.1) is 23.8 Å². The summed E-state index contributed by atoms with van der Waals surface area (Å²) in [4.78, 5) is 16.8. The number of carbonyl (C=O) groups excluding carboxylic acids is 1. The fourth-order valence-electron chi connectivity index (χ4n) is 3.69. The maximum atomic E-state index is 14.6. The van der Waals surface area contributed by atoms with Crippen LogP contribution >= 0.6 is 0 Å². The van der Waals surface area contributed by atoms with Crippen molar-refractivity contribution in [3.63, 3.8) is 0 Å². The Bertz CT molecular complexity index is 911. The Morgan fingerprint density at radius 3 is 2.69 bits per heavy atom. The number of hydrogen-bond donors (Lipinski definition) is 1. The van der Waals surface area contributed by atoms with Crippen LogP contribution in [0.1, 0.15) is 25.3 Å². The van der Waals surface area contributed by atoms with Crippen LogP contribution in [0.3, 0.4) is 0 Å². The molecule has 0 bridgehead atoms. The average Bonchev–Trinajstić information content (AvgIpc) is 2.69. The zero-order valence-electron chi connectivity index (χ0n) is 16.9. The van der Waals surface area contributed by atoms with Crippen molar-refractivity contribution in [3.05, 3.63) is 52.4 Å². The van der Waals surface area contributed by atoms with Crippen molar-refractivity contribution < 1.29 is 18.7 Å². The lowest BCUT2D eigenvalue weighted by atomic mass is 9.83. The van der Waals surface area contributed by atoms with Gasteiger partial charge in [-0.05, 0) is 38.6 Å². The molecule has 0 aliphatic carbocycles. The van der Waals surface area contributed by atoms with E-state index in [0.29, 0.717) is 24.3 Å². The molecule has 7 nitrogen and oxygen atoms in total. The molecule has 1 aromatic rings. The highest BCUT2D eigenvalue weighted by molar-refractivity contribution is 5.92. The SMILES string of the molecule is CCOC(=O)C1=C(C)OC(N)=C(C#N)C1c1ccc(F)c(N2CCN(C)CC2)c1. The van der Waals surface area contributed by atoms with Gasteiger partial charge in [-0.15, -0.1) is 0 Å². The minimum absolute atomic E-state index is 0.0616. The zero-order chi connectivity index (χ0) is 21.1. The van der Waals surface area contributed by atoms with Crippen molar-refractivity contribution in [3.8, 4) is 6.07 Å². The van der Waals surface area contributed by atoms with Crippen molar-refractivity contribution in [1.29, 1.82) is 5.26 Å². The second-order valence-electron chi connectivity index (χ2n) is 7.12. The monoisotopic (exact) mass is 400 g/mol. The summed E-state index contributed by atoms with van der Waals surface area (Å²) >= 11 is 0. The molecule has 1 atom stereocenters. The summed E-state index contributed by atoms with van der Waals surface area (Å²) in [7, 11) is 2.03. The molecule has 154 valence electrons. The molecular formula is C21H25FN4O3. The fourth-order valence-corrected chi connectivity index (χ4v) is 3.69. The van der Waals surface area contributed by atoms with Crippen LogP contribution < -0.4 is 10.6 Å². The van der Waals surface area contributed by atoms with Crippen LogP contribution in [-0.4, -0.2) is 50.7 Å². The van der Waals surface area contributed by atoms with Crippen molar-refractivity contribution >= 4 is 11.7 Å². The van der Waals surface area contributed by atoms with E-state index >= 15 is 0 Å². The van der Waals surface area contributed by atoms with Crippen LogP contribution in [0.4, 0.5) is 10.1 Å². The standard InChI is InChI=1S/C21H25FN4O3/c1-4-28-21(27)18-13(2)29-20(24)15(12-23)19(18)14-5-6-16(22)17(11-14)26-9-7-25(3)8-10-26/h5-6,11,19H,4,7-10,24H2,1-3H3. The second kappa shape index (κ2) is 8.53. The van der Waals surface area contributed by atoms with E-state index in [-0.39, 0.29) is 35.2 Å².